The van der Waals surface area contributed by atoms with Crippen molar-refractivity contribution in [2.45, 2.75) is 0 Å². The van der Waals surface area contributed by atoms with E-state index in [4.69, 9.17) is 9.84 Å². The molecule has 0 bridgehead atoms. The van der Waals surface area contributed by atoms with Crippen molar-refractivity contribution in [3.63, 3.8) is 0 Å². The predicted molar refractivity (Wildman–Crippen MR) is 64.0 cm³/mol. The van der Waals surface area contributed by atoms with Crippen LogP contribution in [0.15, 0.2) is 42.5 Å². The average Bonchev–Trinajstić information content (AvgIpc) is 2.65. The molecular formula is C14H8O4. The van der Waals surface area contributed by atoms with Crippen molar-refractivity contribution in [2.75, 3.05) is 0 Å². The molecule has 0 saturated heterocycles. The maximum atomic E-state index is 12.1. The van der Waals surface area contributed by atoms with E-state index in [9.17, 15) is 9.59 Å². The summed E-state index contributed by atoms with van der Waals surface area (Å²) in [5, 5.41) is 8.70. The van der Waals surface area contributed by atoms with E-state index in [0.717, 1.165) is 0 Å². The van der Waals surface area contributed by atoms with Crippen molar-refractivity contribution in [2.24, 2.45) is 0 Å². The molecule has 0 unspecified atom stereocenters. The molecule has 88 valence electrons. The maximum Gasteiger partial charge on any atom is 0.511 e. The highest BCUT2D eigenvalue weighted by molar-refractivity contribution is 6.22. The normalized spacial score (nSPS) is 11.9. The van der Waals surface area contributed by atoms with E-state index >= 15 is 0 Å². The van der Waals surface area contributed by atoms with Crippen molar-refractivity contribution >= 4 is 11.9 Å². The largest absolute Gasteiger partial charge is 0.511 e. The molecule has 2 aromatic rings. The molecule has 0 saturated carbocycles. The number of carbonyl (C=O) groups excluding carboxylic acids is 1. The molecule has 4 nitrogen and oxygen atoms in total. The Bertz CT molecular complexity index is 673. The highest BCUT2D eigenvalue weighted by Crippen LogP contribution is 2.42. The SMILES string of the molecule is O=C(O)Oc1cccc2c1-c1ccccc1C2=O. The summed E-state index contributed by atoms with van der Waals surface area (Å²) in [7, 11) is 0. The Hall–Kier alpha value is -2.62. The smallest absolute Gasteiger partial charge is 0.449 e. The van der Waals surface area contributed by atoms with E-state index in [1.165, 1.54) is 0 Å². The van der Waals surface area contributed by atoms with E-state index < -0.39 is 6.16 Å². The van der Waals surface area contributed by atoms with E-state index in [1.807, 2.05) is 0 Å². The van der Waals surface area contributed by atoms with Gasteiger partial charge in [0.15, 0.2) is 5.78 Å². The number of hydrogen-bond acceptors (Lipinski definition) is 3. The zero-order valence-corrected chi connectivity index (χ0v) is 9.21. The monoisotopic (exact) mass is 240 g/mol. The molecule has 3 rings (SSSR count). The van der Waals surface area contributed by atoms with Crippen LogP contribution >= 0.6 is 0 Å². The molecule has 0 aliphatic heterocycles. The van der Waals surface area contributed by atoms with Gasteiger partial charge < -0.3 is 9.84 Å². The van der Waals surface area contributed by atoms with Crippen LogP contribution in [0, 0.1) is 0 Å². The lowest BCUT2D eigenvalue weighted by Crippen LogP contribution is -2.04. The first kappa shape index (κ1) is 10.5. The van der Waals surface area contributed by atoms with Gasteiger partial charge >= 0.3 is 6.16 Å². The summed E-state index contributed by atoms with van der Waals surface area (Å²) in [4.78, 5) is 22.8. The first-order valence-corrected chi connectivity index (χ1v) is 5.36. The number of hydrogen-bond donors (Lipinski definition) is 1. The lowest BCUT2D eigenvalue weighted by Gasteiger charge is -2.06. The molecule has 1 aliphatic rings. The van der Waals surface area contributed by atoms with Gasteiger partial charge in [-0.15, -0.1) is 0 Å². The van der Waals surface area contributed by atoms with E-state index in [2.05, 4.69) is 0 Å². The number of carbonyl (C=O) groups is 2. The Labute approximate surface area is 102 Å². The number of fused-ring (bicyclic) bond motifs is 3. The van der Waals surface area contributed by atoms with Crippen LogP contribution in [-0.2, 0) is 0 Å². The van der Waals surface area contributed by atoms with Gasteiger partial charge in [0.25, 0.3) is 0 Å². The Morgan fingerprint density at radius 1 is 0.944 bits per heavy atom. The Kier molecular flexibility index (Phi) is 2.16. The van der Waals surface area contributed by atoms with E-state index in [-0.39, 0.29) is 11.5 Å². The summed E-state index contributed by atoms with van der Waals surface area (Å²) in [6.45, 7) is 0. The molecule has 0 aromatic heterocycles. The third-order valence-electron chi connectivity index (χ3n) is 2.91. The molecule has 0 radical (unpaired) electrons. The van der Waals surface area contributed by atoms with Crippen LogP contribution < -0.4 is 4.74 Å². The third kappa shape index (κ3) is 1.39. The topological polar surface area (TPSA) is 63.6 Å². The lowest BCUT2D eigenvalue weighted by atomic mass is 10.1. The molecule has 0 spiro atoms. The molecule has 18 heavy (non-hydrogen) atoms. The first-order chi connectivity index (χ1) is 8.68. The third-order valence-corrected chi connectivity index (χ3v) is 2.91. The molecule has 2 aromatic carbocycles. The minimum Gasteiger partial charge on any atom is -0.449 e. The number of ether oxygens (including phenoxy) is 1. The average molecular weight is 240 g/mol. The Morgan fingerprint density at radius 2 is 1.61 bits per heavy atom. The van der Waals surface area contributed by atoms with Gasteiger partial charge in [-0.2, -0.15) is 0 Å². The van der Waals surface area contributed by atoms with Crippen molar-refractivity contribution in [1.82, 2.24) is 0 Å². The first-order valence-electron chi connectivity index (χ1n) is 5.36. The van der Waals surface area contributed by atoms with Gasteiger partial charge in [0.1, 0.15) is 5.75 Å². The van der Waals surface area contributed by atoms with Gasteiger partial charge in [0, 0.05) is 16.7 Å². The molecule has 4 heteroatoms. The van der Waals surface area contributed by atoms with Gasteiger partial charge in [-0.1, -0.05) is 36.4 Å². The van der Waals surface area contributed by atoms with Crippen LogP contribution in [0.25, 0.3) is 11.1 Å². The van der Waals surface area contributed by atoms with Crippen LogP contribution in [0.1, 0.15) is 15.9 Å². The minimum absolute atomic E-state index is 0.101. The Morgan fingerprint density at radius 3 is 2.33 bits per heavy atom. The van der Waals surface area contributed by atoms with Crippen LogP contribution in [0.2, 0.25) is 0 Å². The second kappa shape index (κ2) is 3.70. The summed E-state index contributed by atoms with van der Waals surface area (Å²) < 4.78 is 4.73. The summed E-state index contributed by atoms with van der Waals surface area (Å²) in [5.74, 6) is 0.0924. The van der Waals surface area contributed by atoms with E-state index in [1.54, 1.807) is 42.5 Å². The van der Waals surface area contributed by atoms with Gasteiger partial charge in [-0.25, -0.2) is 4.79 Å². The maximum absolute atomic E-state index is 12.1. The lowest BCUT2D eigenvalue weighted by molar-refractivity contribution is 0.104. The number of carboxylic acid groups (broad SMARTS) is 1. The highest BCUT2D eigenvalue weighted by atomic mass is 16.7. The second-order valence-electron chi connectivity index (χ2n) is 3.92. The fourth-order valence-corrected chi connectivity index (χ4v) is 2.22. The summed E-state index contributed by atoms with van der Waals surface area (Å²) in [6.07, 6.45) is -1.39. The molecular weight excluding hydrogens is 232 g/mol. The number of benzene rings is 2. The van der Waals surface area contributed by atoms with Crippen LogP contribution in [0.3, 0.4) is 0 Å². The highest BCUT2D eigenvalue weighted by Gasteiger charge is 2.29. The minimum atomic E-state index is -1.39. The molecule has 1 N–H and O–H groups in total. The number of rotatable bonds is 1. The molecule has 0 fully saturated rings. The van der Waals surface area contributed by atoms with Crippen molar-refractivity contribution < 1.29 is 19.4 Å². The molecule has 1 aliphatic carbocycles. The summed E-state index contributed by atoms with van der Waals surface area (Å²) in [5.41, 5.74) is 2.33. The van der Waals surface area contributed by atoms with Gasteiger partial charge in [0.2, 0.25) is 0 Å². The fraction of sp³-hybridized carbons (Fsp3) is 0. The van der Waals surface area contributed by atoms with Crippen LogP contribution in [-0.4, -0.2) is 17.0 Å². The quantitative estimate of drug-likeness (QED) is 0.524. The predicted octanol–water partition coefficient (Wildman–Crippen LogP) is 2.95. The van der Waals surface area contributed by atoms with Crippen molar-refractivity contribution in [3.05, 3.63) is 53.6 Å². The van der Waals surface area contributed by atoms with Crippen LogP contribution in [0.5, 0.6) is 5.75 Å². The molecule has 0 atom stereocenters. The zero-order chi connectivity index (χ0) is 12.7. The van der Waals surface area contributed by atoms with Gasteiger partial charge in [-0.05, 0) is 11.6 Å². The van der Waals surface area contributed by atoms with Gasteiger partial charge in [0.05, 0.1) is 0 Å². The standard InChI is InChI=1S/C14H8O4/c15-13-9-5-2-1-4-8(9)12-10(13)6-3-7-11(12)18-14(16)17/h1-7H,(H,16,17). The van der Waals surface area contributed by atoms with Gasteiger partial charge in [-0.3, -0.25) is 4.79 Å². The number of ketones is 1. The molecule has 0 amide bonds. The molecule has 0 heterocycles. The zero-order valence-electron chi connectivity index (χ0n) is 9.21. The fourth-order valence-electron chi connectivity index (χ4n) is 2.22. The van der Waals surface area contributed by atoms with Crippen LogP contribution in [0.4, 0.5) is 4.79 Å². The second-order valence-corrected chi connectivity index (χ2v) is 3.92. The summed E-state index contributed by atoms with van der Waals surface area (Å²) >= 11 is 0. The van der Waals surface area contributed by atoms with Crippen molar-refractivity contribution in [3.8, 4) is 16.9 Å². The Balaban J connectivity index is 2.28. The summed E-state index contributed by atoms with van der Waals surface area (Å²) in [6, 6.07) is 11.9. The van der Waals surface area contributed by atoms with E-state index in [0.29, 0.717) is 22.3 Å². The van der Waals surface area contributed by atoms with Crippen molar-refractivity contribution in [1.29, 1.82) is 0 Å².